The minimum atomic E-state index is -1.75. The Morgan fingerprint density at radius 2 is 1.28 bits per heavy atom. The molecule has 2 saturated heterocycles. The van der Waals surface area contributed by atoms with Gasteiger partial charge in [0, 0.05) is 4.91 Å². The van der Waals surface area contributed by atoms with E-state index >= 15 is 0 Å². The van der Waals surface area contributed by atoms with Crippen LogP contribution < -0.4 is 0 Å². The van der Waals surface area contributed by atoms with Crippen molar-refractivity contribution in [3.8, 4) is 0 Å². The average molecular weight is 367 g/mol. The molecule has 0 saturated carbocycles. The van der Waals surface area contributed by atoms with Gasteiger partial charge in [0.2, 0.25) is 0 Å². The van der Waals surface area contributed by atoms with E-state index in [2.05, 4.69) is 10.0 Å². The molecule has 2 heterocycles. The van der Waals surface area contributed by atoms with E-state index in [0.717, 1.165) is 0 Å². The number of rotatable bonds is 5. The molecule has 4 unspecified atom stereocenters. The van der Waals surface area contributed by atoms with E-state index < -0.39 is 68.0 Å². The molecule has 7 N–H and O–H groups in total. The zero-order valence-electron chi connectivity index (χ0n) is 12.9. The lowest BCUT2D eigenvalue weighted by Crippen LogP contribution is -2.63. The minimum Gasteiger partial charge on any atom is -0.394 e. The number of hydrogen-bond acceptors (Lipinski definition) is 11. The first kappa shape index (κ1) is 20.2. The summed E-state index contributed by atoms with van der Waals surface area (Å²) in [6.07, 6.45) is -15.7. The maximum atomic E-state index is 9.95. The van der Waals surface area contributed by atoms with Gasteiger partial charge in [-0.1, -0.05) is 5.11 Å². The summed E-state index contributed by atoms with van der Waals surface area (Å²) in [7, 11) is 0. The Hall–Kier alpha value is -1.09. The molecule has 13 nitrogen and oxygen atoms in total. The molecule has 0 amide bonds. The van der Waals surface area contributed by atoms with Crippen molar-refractivity contribution in [1.82, 2.24) is 0 Å². The third-order valence-corrected chi connectivity index (χ3v) is 4.11. The van der Waals surface area contributed by atoms with E-state index in [1.807, 2.05) is 0 Å². The fourth-order valence-corrected chi connectivity index (χ4v) is 2.61. The van der Waals surface area contributed by atoms with Crippen LogP contribution >= 0.6 is 0 Å². The lowest BCUT2D eigenvalue weighted by molar-refractivity contribution is -0.374. The molecule has 0 aromatic carbocycles. The Labute approximate surface area is 141 Å². The van der Waals surface area contributed by atoms with Crippen LogP contribution in [-0.2, 0) is 14.2 Å². The molecule has 0 aromatic rings. The monoisotopic (exact) mass is 367 g/mol. The Kier molecular flexibility index (Phi) is 6.90. The van der Waals surface area contributed by atoms with Crippen LogP contribution in [0.1, 0.15) is 0 Å². The van der Waals surface area contributed by atoms with Crippen LogP contribution in [0.15, 0.2) is 5.11 Å². The van der Waals surface area contributed by atoms with E-state index in [9.17, 15) is 30.6 Å². The van der Waals surface area contributed by atoms with Crippen molar-refractivity contribution in [1.29, 1.82) is 0 Å². The molecule has 0 aromatic heterocycles. The van der Waals surface area contributed by atoms with Crippen LogP contribution in [0.5, 0.6) is 0 Å². The molecule has 2 rings (SSSR count). The smallest absolute Gasteiger partial charge is 0.189 e. The fourth-order valence-electron chi connectivity index (χ4n) is 2.61. The highest BCUT2D eigenvalue weighted by Crippen LogP contribution is 2.28. The molecule has 144 valence electrons. The molecule has 2 aliphatic rings. The summed E-state index contributed by atoms with van der Waals surface area (Å²) in [5, 5.41) is 71.2. The quantitative estimate of drug-likeness (QED) is 0.141. The lowest BCUT2D eigenvalue weighted by atomic mass is 9.98. The highest BCUT2D eigenvalue weighted by atomic mass is 16.8. The Morgan fingerprint density at radius 3 is 1.76 bits per heavy atom. The van der Waals surface area contributed by atoms with Crippen molar-refractivity contribution in [2.75, 3.05) is 13.2 Å². The van der Waals surface area contributed by atoms with Gasteiger partial charge in [0.1, 0.15) is 42.7 Å². The zero-order valence-corrected chi connectivity index (χ0v) is 12.9. The van der Waals surface area contributed by atoms with Crippen molar-refractivity contribution in [2.24, 2.45) is 5.11 Å². The van der Waals surface area contributed by atoms with Gasteiger partial charge in [-0.2, -0.15) is 0 Å². The third-order valence-electron chi connectivity index (χ3n) is 4.11. The summed E-state index contributed by atoms with van der Waals surface area (Å²) < 4.78 is 15.5. The largest absolute Gasteiger partial charge is 0.394 e. The minimum absolute atomic E-state index is 0.365. The van der Waals surface area contributed by atoms with Crippen LogP contribution in [0.2, 0.25) is 0 Å². The number of azide groups is 1. The molecule has 0 spiro atoms. The molecule has 2 fully saturated rings. The van der Waals surface area contributed by atoms with Crippen LogP contribution in [0.4, 0.5) is 0 Å². The van der Waals surface area contributed by atoms with Gasteiger partial charge in [0.15, 0.2) is 12.6 Å². The summed E-state index contributed by atoms with van der Waals surface area (Å²) >= 11 is 0. The van der Waals surface area contributed by atoms with Gasteiger partial charge in [-0.25, -0.2) is 0 Å². The van der Waals surface area contributed by atoms with Gasteiger partial charge in [-0.3, -0.25) is 0 Å². The molecular weight excluding hydrogens is 346 g/mol. The Bertz CT molecular complexity index is 490. The number of aliphatic hydroxyl groups excluding tert-OH is 7. The number of aliphatic hydroxyl groups is 7. The molecule has 0 aliphatic carbocycles. The van der Waals surface area contributed by atoms with Crippen molar-refractivity contribution >= 4 is 0 Å². The molecule has 10 atom stereocenters. The molecule has 13 heteroatoms. The fraction of sp³-hybridized carbons (Fsp3) is 1.00. The maximum Gasteiger partial charge on any atom is 0.189 e. The van der Waals surface area contributed by atoms with E-state index in [4.69, 9.17) is 24.8 Å². The second-order valence-electron chi connectivity index (χ2n) is 5.76. The van der Waals surface area contributed by atoms with Gasteiger partial charge in [-0.05, 0) is 5.53 Å². The second kappa shape index (κ2) is 8.53. The first-order valence-corrected chi connectivity index (χ1v) is 7.48. The first-order chi connectivity index (χ1) is 11.8. The van der Waals surface area contributed by atoms with Gasteiger partial charge in [0.05, 0.1) is 19.3 Å². The van der Waals surface area contributed by atoms with Crippen molar-refractivity contribution < 1.29 is 50.0 Å². The SMILES string of the molecule is [N-]=[N+]=NCC1O[C@H](O[C@H]2OC(CO)[C@@H](O)[C@@H](O)C2O)C(O)[C@@H](O)[C@@H]1O. The maximum absolute atomic E-state index is 9.95. The zero-order chi connectivity index (χ0) is 18.7. The molecule has 0 radical (unpaired) electrons. The first-order valence-electron chi connectivity index (χ1n) is 7.48. The average Bonchev–Trinajstić information content (AvgIpc) is 2.61. The predicted octanol–water partition coefficient (Wildman–Crippen LogP) is -4.08. The summed E-state index contributed by atoms with van der Waals surface area (Å²) in [6, 6.07) is 0. The van der Waals surface area contributed by atoms with Crippen LogP contribution in [0.25, 0.3) is 10.4 Å². The van der Waals surface area contributed by atoms with Crippen molar-refractivity contribution in [2.45, 2.75) is 61.4 Å². The third kappa shape index (κ3) is 4.19. The molecule has 25 heavy (non-hydrogen) atoms. The second-order valence-corrected chi connectivity index (χ2v) is 5.76. The highest BCUT2D eigenvalue weighted by molar-refractivity contribution is 4.92. The van der Waals surface area contributed by atoms with E-state index in [-0.39, 0.29) is 6.54 Å². The number of hydrogen-bond donors (Lipinski definition) is 7. The highest BCUT2D eigenvalue weighted by Gasteiger charge is 2.49. The molecular formula is C12H21N3O10. The van der Waals surface area contributed by atoms with Gasteiger partial charge in [-0.15, -0.1) is 0 Å². The van der Waals surface area contributed by atoms with E-state index in [0.29, 0.717) is 0 Å². The summed E-state index contributed by atoms with van der Waals surface area (Å²) in [5.41, 5.74) is 8.32. The topological polar surface area (TPSA) is 218 Å². The van der Waals surface area contributed by atoms with E-state index in [1.165, 1.54) is 0 Å². The van der Waals surface area contributed by atoms with E-state index in [1.54, 1.807) is 0 Å². The van der Waals surface area contributed by atoms with Crippen LogP contribution in [0, 0.1) is 0 Å². The summed E-state index contributed by atoms with van der Waals surface area (Å²) in [4.78, 5) is 2.50. The molecule has 2 aliphatic heterocycles. The summed E-state index contributed by atoms with van der Waals surface area (Å²) in [6.45, 7) is -1.05. The van der Waals surface area contributed by atoms with Crippen LogP contribution in [-0.4, -0.2) is 110 Å². The van der Waals surface area contributed by atoms with Crippen molar-refractivity contribution in [3.63, 3.8) is 0 Å². The lowest BCUT2D eigenvalue weighted by Gasteiger charge is -2.44. The number of ether oxygens (including phenoxy) is 3. The van der Waals surface area contributed by atoms with Gasteiger partial charge >= 0.3 is 0 Å². The number of nitrogens with zero attached hydrogens (tertiary/aromatic N) is 3. The standard InChI is InChI=1S/C12H21N3O10/c13-15-14-1-3-5(17)7(19)9(21)11(23-3)25-12-10(22)8(20)6(18)4(2-16)24-12/h3-12,16-22H,1-2H2/t3?,4?,5-,6-,7+,8-,9?,10?,11-,12-/m1/s1. The van der Waals surface area contributed by atoms with Crippen molar-refractivity contribution in [3.05, 3.63) is 10.4 Å². The summed E-state index contributed by atoms with van der Waals surface area (Å²) in [5.74, 6) is 0. The van der Waals surface area contributed by atoms with Gasteiger partial charge in [0.25, 0.3) is 0 Å². The predicted molar refractivity (Wildman–Crippen MR) is 75.5 cm³/mol. The van der Waals surface area contributed by atoms with Gasteiger partial charge < -0.3 is 50.0 Å². The molecule has 0 bridgehead atoms. The normalized spacial score (nSPS) is 48.0. The Balaban J connectivity index is 2.09. The van der Waals surface area contributed by atoms with Crippen LogP contribution in [0.3, 0.4) is 0 Å². The Morgan fingerprint density at radius 1 is 0.800 bits per heavy atom.